The molecule has 16 heavy (non-hydrogen) atoms. The lowest BCUT2D eigenvalue weighted by molar-refractivity contribution is 0.781. The van der Waals surface area contributed by atoms with E-state index in [4.69, 9.17) is 10.7 Å². The molecule has 0 aliphatic rings. The van der Waals surface area contributed by atoms with Crippen LogP contribution in [0.15, 0.2) is 0 Å². The maximum Gasteiger partial charge on any atom is 0.185 e. The molecule has 1 aromatic rings. The fraction of sp³-hybridized carbons (Fsp3) is 0.750. The molecule has 0 aliphatic heterocycles. The lowest BCUT2D eigenvalue weighted by atomic mass is 10.2. The van der Waals surface area contributed by atoms with Crippen molar-refractivity contribution >= 4 is 16.5 Å². The predicted octanol–water partition coefficient (Wildman–Crippen LogP) is 2.79. The van der Waals surface area contributed by atoms with Gasteiger partial charge in [0.15, 0.2) is 5.13 Å². The quantitative estimate of drug-likeness (QED) is 0.798. The number of anilines is 1. The van der Waals surface area contributed by atoms with Gasteiger partial charge in [-0.1, -0.05) is 20.3 Å². The molecule has 92 valence electrons. The van der Waals surface area contributed by atoms with Crippen LogP contribution in [0.1, 0.15) is 44.2 Å². The van der Waals surface area contributed by atoms with E-state index in [2.05, 4.69) is 25.7 Å². The normalized spacial score (nSPS) is 10.8. The molecule has 4 heteroatoms. The van der Waals surface area contributed by atoms with E-state index >= 15 is 0 Å². The van der Waals surface area contributed by atoms with Crippen LogP contribution in [0.25, 0.3) is 0 Å². The first-order valence-corrected chi connectivity index (χ1v) is 7.01. The van der Waals surface area contributed by atoms with Crippen LogP contribution in [0.5, 0.6) is 0 Å². The summed E-state index contributed by atoms with van der Waals surface area (Å²) < 4.78 is 0. The van der Waals surface area contributed by atoms with Gasteiger partial charge in [0.1, 0.15) is 0 Å². The van der Waals surface area contributed by atoms with Gasteiger partial charge in [0.25, 0.3) is 0 Å². The molecule has 0 radical (unpaired) electrons. The number of thiazole rings is 1. The van der Waals surface area contributed by atoms with Crippen LogP contribution in [0.3, 0.4) is 0 Å². The Morgan fingerprint density at radius 3 is 2.50 bits per heavy atom. The second kappa shape index (κ2) is 6.86. The van der Waals surface area contributed by atoms with Gasteiger partial charge in [0.05, 0.1) is 5.69 Å². The summed E-state index contributed by atoms with van der Waals surface area (Å²) in [4.78, 5) is 8.32. The molecule has 0 spiro atoms. The summed E-state index contributed by atoms with van der Waals surface area (Å²) in [7, 11) is 0. The second-order valence-corrected chi connectivity index (χ2v) is 4.96. The van der Waals surface area contributed by atoms with Gasteiger partial charge in [0, 0.05) is 24.5 Å². The van der Waals surface area contributed by atoms with Crippen molar-refractivity contribution in [3.05, 3.63) is 10.6 Å². The average Bonchev–Trinajstić information content (AvgIpc) is 2.69. The minimum absolute atomic E-state index is 0.622. The Bertz CT molecular complexity index is 309. The van der Waals surface area contributed by atoms with Crippen LogP contribution in [0.4, 0.5) is 5.13 Å². The first kappa shape index (κ1) is 13.5. The molecule has 0 aliphatic carbocycles. The van der Waals surface area contributed by atoms with Crippen LogP contribution in [0.2, 0.25) is 0 Å². The highest BCUT2D eigenvalue weighted by Crippen LogP contribution is 2.27. The molecule has 0 unspecified atom stereocenters. The third-order valence-electron chi connectivity index (χ3n) is 2.58. The third kappa shape index (κ3) is 3.19. The predicted molar refractivity (Wildman–Crippen MR) is 72.2 cm³/mol. The van der Waals surface area contributed by atoms with Crippen molar-refractivity contribution in [1.29, 1.82) is 0 Å². The van der Waals surface area contributed by atoms with Crippen LogP contribution < -0.4 is 10.6 Å². The van der Waals surface area contributed by atoms with E-state index in [9.17, 15) is 0 Å². The summed E-state index contributed by atoms with van der Waals surface area (Å²) in [5, 5.41) is 1.15. The molecule has 2 N–H and O–H groups in total. The topological polar surface area (TPSA) is 42.2 Å². The van der Waals surface area contributed by atoms with Crippen molar-refractivity contribution in [2.75, 3.05) is 18.0 Å². The van der Waals surface area contributed by atoms with Crippen LogP contribution >= 0.6 is 11.3 Å². The Balaban J connectivity index is 2.86. The van der Waals surface area contributed by atoms with Crippen molar-refractivity contribution < 1.29 is 0 Å². The van der Waals surface area contributed by atoms with E-state index in [1.54, 1.807) is 11.3 Å². The molecule has 0 saturated heterocycles. The lowest BCUT2D eigenvalue weighted by Gasteiger charge is -2.18. The largest absolute Gasteiger partial charge is 0.348 e. The molecule has 1 heterocycles. The lowest BCUT2D eigenvalue weighted by Crippen LogP contribution is -2.23. The van der Waals surface area contributed by atoms with Crippen LogP contribution in [-0.2, 0) is 13.0 Å². The second-order valence-electron chi connectivity index (χ2n) is 3.90. The molecular formula is C12H23N3S. The van der Waals surface area contributed by atoms with Gasteiger partial charge in [0.2, 0.25) is 0 Å². The number of nitrogens with zero attached hydrogens (tertiary/aromatic N) is 2. The van der Waals surface area contributed by atoms with E-state index in [-0.39, 0.29) is 0 Å². The zero-order chi connectivity index (χ0) is 12.0. The van der Waals surface area contributed by atoms with Crippen molar-refractivity contribution in [3.63, 3.8) is 0 Å². The Morgan fingerprint density at radius 2 is 2.00 bits per heavy atom. The average molecular weight is 241 g/mol. The maximum absolute atomic E-state index is 5.76. The van der Waals surface area contributed by atoms with Gasteiger partial charge in [-0.25, -0.2) is 4.98 Å². The highest BCUT2D eigenvalue weighted by molar-refractivity contribution is 7.15. The van der Waals surface area contributed by atoms with Crippen molar-refractivity contribution in [2.45, 2.75) is 46.6 Å². The summed E-state index contributed by atoms with van der Waals surface area (Å²) >= 11 is 1.76. The van der Waals surface area contributed by atoms with Gasteiger partial charge in [-0.3, -0.25) is 0 Å². The maximum atomic E-state index is 5.76. The first-order chi connectivity index (χ1) is 7.76. The fourth-order valence-corrected chi connectivity index (χ4v) is 2.83. The summed E-state index contributed by atoms with van der Waals surface area (Å²) in [6.07, 6.45) is 3.34. The smallest absolute Gasteiger partial charge is 0.185 e. The van der Waals surface area contributed by atoms with E-state index < -0.39 is 0 Å². The molecule has 0 fully saturated rings. The molecule has 0 atom stereocenters. The minimum atomic E-state index is 0.622. The zero-order valence-electron chi connectivity index (χ0n) is 10.6. The number of aryl methyl sites for hydroxylation is 1. The monoisotopic (exact) mass is 241 g/mol. The van der Waals surface area contributed by atoms with Gasteiger partial charge < -0.3 is 10.6 Å². The van der Waals surface area contributed by atoms with E-state index in [0.29, 0.717) is 6.54 Å². The van der Waals surface area contributed by atoms with Crippen molar-refractivity contribution in [3.8, 4) is 0 Å². The highest BCUT2D eigenvalue weighted by atomic mass is 32.1. The molecule has 1 aromatic heterocycles. The van der Waals surface area contributed by atoms with Crippen LogP contribution in [-0.4, -0.2) is 18.1 Å². The number of nitrogens with two attached hydrogens (primary N) is 1. The summed E-state index contributed by atoms with van der Waals surface area (Å²) in [6.45, 7) is 9.29. The van der Waals surface area contributed by atoms with Gasteiger partial charge in [-0.2, -0.15) is 0 Å². The Labute approximate surface area is 103 Å². The molecule has 1 rings (SSSR count). The molecule has 3 nitrogen and oxygen atoms in total. The fourth-order valence-electron chi connectivity index (χ4n) is 1.76. The Hall–Kier alpha value is -0.610. The van der Waals surface area contributed by atoms with E-state index in [0.717, 1.165) is 37.5 Å². The highest BCUT2D eigenvalue weighted by Gasteiger charge is 2.13. The molecule has 0 bridgehead atoms. The number of aromatic nitrogens is 1. The molecule has 0 saturated carbocycles. The van der Waals surface area contributed by atoms with Gasteiger partial charge in [-0.05, 0) is 19.8 Å². The molecular weight excluding hydrogens is 218 g/mol. The molecule has 0 amide bonds. The molecule has 0 aromatic carbocycles. The van der Waals surface area contributed by atoms with Gasteiger partial charge >= 0.3 is 0 Å². The summed E-state index contributed by atoms with van der Waals surface area (Å²) in [6, 6.07) is 0. The summed E-state index contributed by atoms with van der Waals surface area (Å²) in [5.74, 6) is 0. The summed E-state index contributed by atoms with van der Waals surface area (Å²) in [5.41, 5.74) is 6.97. The van der Waals surface area contributed by atoms with Crippen molar-refractivity contribution in [1.82, 2.24) is 4.98 Å². The van der Waals surface area contributed by atoms with Crippen LogP contribution in [0, 0.1) is 0 Å². The first-order valence-electron chi connectivity index (χ1n) is 6.20. The zero-order valence-corrected chi connectivity index (χ0v) is 11.4. The number of hydrogen-bond acceptors (Lipinski definition) is 4. The number of rotatable bonds is 7. The number of hydrogen-bond donors (Lipinski definition) is 1. The van der Waals surface area contributed by atoms with E-state index in [1.807, 2.05) is 0 Å². The Morgan fingerprint density at radius 1 is 1.25 bits per heavy atom. The third-order valence-corrected chi connectivity index (χ3v) is 3.77. The van der Waals surface area contributed by atoms with Crippen molar-refractivity contribution in [2.24, 2.45) is 5.73 Å². The van der Waals surface area contributed by atoms with E-state index in [1.165, 1.54) is 10.6 Å². The van der Waals surface area contributed by atoms with Gasteiger partial charge in [-0.15, -0.1) is 11.3 Å². The Kier molecular flexibility index (Phi) is 5.77. The standard InChI is InChI=1S/C12H23N3S/c1-4-7-10-11(9-13)16-12(14-10)15(6-3)8-5-2/h4-9,13H2,1-3H3. The SMILES string of the molecule is CCCc1nc(N(CC)CCC)sc1CN. The minimum Gasteiger partial charge on any atom is -0.348 e.